The van der Waals surface area contributed by atoms with Gasteiger partial charge in [-0.25, -0.2) is 0 Å². The molecular formula is C17H28N2O2. The highest BCUT2D eigenvalue weighted by atomic mass is 16.3. The molecule has 0 heterocycles. The van der Waals surface area contributed by atoms with Crippen LogP contribution in [0.15, 0.2) is 24.3 Å². The fraction of sp³-hybridized carbons (Fsp3) is 0.588. The van der Waals surface area contributed by atoms with Crippen LogP contribution in [0.1, 0.15) is 51.5 Å². The van der Waals surface area contributed by atoms with Crippen LogP contribution in [0.5, 0.6) is 5.75 Å². The number of nitrogens with two attached hydrogens (primary N) is 1. The van der Waals surface area contributed by atoms with Crippen LogP contribution in [0.3, 0.4) is 0 Å². The topological polar surface area (TPSA) is 75.4 Å². The van der Waals surface area contributed by atoms with Crippen molar-refractivity contribution in [2.24, 2.45) is 5.73 Å². The lowest BCUT2D eigenvalue weighted by molar-refractivity contribution is -0.123. The molecule has 0 aliphatic carbocycles. The van der Waals surface area contributed by atoms with Gasteiger partial charge in [0.25, 0.3) is 0 Å². The minimum atomic E-state index is -0.546. The van der Waals surface area contributed by atoms with E-state index in [2.05, 4.69) is 19.2 Å². The van der Waals surface area contributed by atoms with Gasteiger partial charge >= 0.3 is 0 Å². The van der Waals surface area contributed by atoms with Crippen molar-refractivity contribution < 1.29 is 9.90 Å². The summed E-state index contributed by atoms with van der Waals surface area (Å²) in [6.45, 7) is 4.28. The average molecular weight is 292 g/mol. The molecule has 1 amide bonds. The molecule has 0 bridgehead atoms. The fourth-order valence-corrected chi connectivity index (χ4v) is 2.37. The van der Waals surface area contributed by atoms with E-state index in [0.29, 0.717) is 6.42 Å². The van der Waals surface area contributed by atoms with Crippen molar-refractivity contribution in [2.75, 3.05) is 0 Å². The Morgan fingerprint density at radius 1 is 1.19 bits per heavy atom. The van der Waals surface area contributed by atoms with Crippen LogP contribution in [-0.4, -0.2) is 23.1 Å². The third-order valence-electron chi connectivity index (χ3n) is 3.62. The van der Waals surface area contributed by atoms with Gasteiger partial charge in [-0.05, 0) is 37.0 Å². The number of amides is 1. The van der Waals surface area contributed by atoms with E-state index in [-0.39, 0.29) is 17.7 Å². The number of phenols is 1. The quantitative estimate of drug-likeness (QED) is 0.655. The second-order valence-corrected chi connectivity index (χ2v) is 5.61. The molecule has 0 aliphatic rings. The Bertz CT molecular complexity index is 417. The number of benzene rings is 1. The number of hydrogen-bond acceptors (Lipinski definition) is 3. The smallest absolute Gasteiger partial charge is 0.237 e. The van der Waals surface area contributed by atoms with Gasteiger partial charge in [-0.2, -0.15) is 0 Å². The number of nitrogens with one attached hydrogen (secondary N) is 1. The van der Waals surface area contributed by atoms with Crippen molar-refractivity contribution in [3.05, 3.63) is 29.8 Å². The van der Waals surface area contributed by atoms with Gasteiger partial charge < -0.3 is 16.2 Å². The molecule has 4 nitrogen and oxygen atoms in total. The summed E-state index contributed by atoms with van der Waals surface area (Å²) < 4.78 is 0. The summed E-state index contributed by atoms with van der Waals surface area (Å²) >= 11 is 0. The SMILES string of the molecule is CCCCC(CCC)NC(=O)[C@H](N)Cc1ccc(O)cc1. The molecule has 0 radical (unpaired) electrons. The van der Waals surface area contributed by atoms with Crippen molar-refractivity contribution in [3.63, 3.8) is 0 Å². The minimum Gasteiger partial charge on any atom is -0.508 e. The first-order valence-corrected chi connectivity index (χ1v) is 7.90. The van der Waals surface area contributed by atoms with Crippen LogP contribution >= 0.6 is 0 Å². The number of hydrogen-bond donors (Lipinski definition) is 3. The molecule has 0 saturated carbocycles. The first kappa shape index (κ1) is 17.5. The second-order valence-electron chi connectivity index (χ2n) is 5.61. The van der Waals surface area contributed by atoms with E-state index >= 15 is 0 Å². The van der Waals surface area contributed by atoms with E-state index in [1.165, 1.54) is 0 Å². The van der Waals surface area contributed by atoms with Crippen molar-refractivity contribution >= 4 is 5.91 Å². The maximum absolute atomic E-state index is 12.2. The fourth-order valence-electron chi connectivity index (χ4n) is 2.37. The lowest BCUT2D eigenvalue weighted by Gasteiger charge is -2.20. The lowest BCUT2D eigenvalue weighted by Crippen LogP contribution is -2.46. The monoisotopic (exact) mass is 292 g/mol. The molecule has 21 heavy (non-hydrogen) atoms. The normalized spacial score (nSPS) is 13.7. The zero-order chi connectivity index (χ0) is 15.7. The molecule has 0 fully saturated rings. The van der Waals surface area contributed by atoms with Crippen molar-refractivity contribution in [1.82, 2.24) is 5.32 Å². The third-order valence-corrected chi connectivity index (χ3v) is 3.62. The number of aromatic hydroxyl groups is 1. The molecule has 0 saturated heterocycles. The van der Waals surface area contributed by atoms with E-state index in [9.17, 15) is 9.90 Å². The summed E-state index contributed by atoms with van der Waals surface area (Å²) in [5, 5.41) is 12.3. The van der Waals surface area contributed by atoms with Gasteiger partial charge in [0, 0.05) is 6.04 Å². The Labute approximate surface area is 127 Å². The number of unbranched alkanes of at least 4 members (excludes halogenated alkanes) is 1. The molecule has 0 aromatic heterocycles. The van der Waals surface area contributed by atoms with Crippen molar-refractivity contribution in [3.8, 4) is 5.75 Å². The summed E-state index contributed by atoms with van der Waals surface area (Å²) in [6.07, 6.45) is 5.81. The molecule has 2 atom stereocenters. The third kappa shape index (κ3) is 6.63. The lowest BCUT2D eigenvalue weighted by atomic mass is 10.0. The first-order chi connectivity index (χ1) is 10.1. The highest BCUT2D eigenvalue weighted by Gasteiger charge is 2.17. The molecule has 4 N–H and O–H groups in total. The number of carbonyl (C=O) groups is 1. The predicted octanol–water partition coefficient (Wildman–Crippen LogP) is 2.74. The van der Waals surface area contributed by atoms with E-state index < -0.39 is 6.04 Å². The summed E-state index contributed by atoms with van der Waals surface area (Å²) in [5.74, 6) is 0.136. The average Bonchev–Trinajstić information content (AvgIpc) is 2.47. The number of phenolic OH excluding ortho intramolecular Hbond substituents is 1. The van der Waals surface area contributed by atoms with Gasteiger partial charge in [-0.15, -0.1) is 0 Å². The van der Waals surface area contributed by atoms with Crippen LogP contribution in [0.4, 0.5) is 0 Å². The van der Waals surface area contributed by atoms with Gasteiger partial charge in [-0.1, -0.05) is 45.2 Å². The second kappa shape index (κ2) is 9.40. The largest absolute Gasteiger partial charge is 0.508 e. The van der Waals surface area contributed by atoms with Crippen LogP contribution in [0.25, 0.3) is 0 Å². The highest BCUT2D eigenvalue weighted by Crippen LogP contribution is 2.11. The maximum Gasteiger partial charge on any atom is 0.237 e. The van der Waals surface area contributed by atoms with Gasteiger partial charge in [0.1, 0.15) is 5.75 Å². The minimum absolute atomic E-state index is 0.0855. The number of rotatable bonds is 9. The Morgan fingerprint density at radius 3 is 2.43 bits per heavy atom. The van der Waals surface area contributed by atoms with Crippen LogP contribution in [0, 0.1) is 0 Å². The Kier molecular flexibility index (Phi) is 7.83. The van der Waals surface area contributed by atoms with Gasteiger partial charge in [0.2, 0.25) is 5.91 Å². The first-order valence-electron chi connectivity index (χ1n) is 7.90. The molecule has 1 unspecified atom stereocenters. The predicted molar refractivity (Wildman–Crippen MR) is 86.1 cm³/mol. The zero-order valence-corrected chi connectivity index (χ0v) is 13.1. The van der Waals surface area contributed by atoms with Gasteiger partial charge in [0.05, 0.1) is 6.04 Å². The summed E-state index contributed by atoms with van der Waals surface area (Å²) in [6, 6.07) is 6.50. The number of carbonyl (C=O) groups excluding carboxylic acids is 1. The van der Waals surface area contributed by atoms with Crippen LogP contribution in [0.2, 0.25) is 0 Å². The van der Waals surface area contributed by atoms with E-state index in [0.717, 1.165) is 37.7 Å². The van der Waals surface area contributed by atoms with Gasteiger partial charge in [0.15, 0.2) is 0 Å². The summed E-state index contributed by atoms with van der Waals surface area (Å²) in [7, 11) is 0. The molecule has 1 aromatic carbocycles. The summed E-state index contributed by atoms with van der Waals surface area (Å²) in [4.78, 5) is 12.2. The van der Waals surface area contributed by atoms with Crippen LogP contribution in [-0.2, 0) is 11.2 Å². The van der Waals surface area contributed by atoms with E-state index in [1.54, 1.807) is 24.3 Å². The van der Waals surface area contributed by atoms with E-state index in [4.69, 9.17) is 5.73 Å². The van der Waals surface area contributed by atoms with Crippen LogP contribution < -0.4 is 11.1 Å². The molecule has 1 rings (SSSR count). The Morgan fingerprint density at radius 2 is 1.86 bits per heavy atom. The molecular weight excluding hydrogens is 264 g/mol. The van der Waals surface area contributed by atoms with E-state index in [1.807, 2.05) is 0 Å². The molecule has 0 spiro atoms. The molecule has 0 aliphatic heterocycles. The van der Waals surface area contributed by atoms with Crippen molar-refractivity contribution in [2.45, 2.75) is 64.5 Å². The Balaban J connectivity index is 2.49. The molecule has 1 aromatic rings. The van der Waals surface area contributed by atoms with Crippen molar-refractivity contribution in [1.29, 1.82) is 0 Å². The Hall–Kier alpha value is -1.55. The molecule has 4 heteroatoms. The summed E-state index contributed by atoms with van der Waals surface area (Å²) in [5.41, 5.74) is 6.94. The standard InChI is InChI=1S/C17H28N2O2/c1-3-5-7-14(6-4-2)19-17(21)16(18)12-13-8-10-15(20)11-9-13/h8-11,14,16,20H,3-7,12,18H2,1-2H3,(H,19,21)/t14?,16-/m1/s1. The highest BCUT2D eigenvalue weighted by molar-refractivity contribution is 5.82. The van der Waals surface area contributed by atoms with Gasteiger partial charge in [-0.3, -0.25) is 4.79 Å². The maximum atomic E-state index is 12.2. The zero-order valence-electron chi connectivity index (χ0n) is 13.1. The molecule has 118 valence electrons.